The number of fused-ring (bicyclic) bond motifs is 1. The average molecular weight is 413 g/mol. The zero-order chi connectivity index (χ0) is 20.5. The number of aromatic nitrogens is 4. The SMILES string of the molecule is COc1cccc(-n2nc3c(Cl)nnc(-c4ccccc4)c3c2-c2ccccc2)c1. The quantitative estimate of drug-likeness (QED) is 0.373. The molecule has 0 fully saturated rings. The molecule has 5 nitrogen and oxygen atoms in total. The van der Waals surface area contributed by atoms with Gasteiger partial charge in [0.1, 0.15) is 17.0 Å². The molecule has 0 bridgehead atoms. The summed E-state index contributed by atoms with van der Waals surface area (Å²) in [5, 5.41) is 14.6. The van der Waals surface area contributed by atoms with Crippen LogP contribution in [0.25, 0.3) is 39.1 Å². The third-order valence-corrected chi connectivity index (χ3v) is 5.20. The smallest absolute Gasteiger partial charge is 0.179 e. The van der Waals surface area contributed by atoms with E-state index in [0.29, 0.717) is 5.52 Å². The Labute approximate surface area is 178 Å². The molecule has 6 heteroatoms. The summed E-state index contributed by atoms with van der Waals surface area (Å²) in [5.41, 5.74) is 5.06. The molecule has 0 unspecified atom stereocenters. The molecule has 0 radical (unpaired) electrons. The Hall–Kier alpha value is -3.70. The van der Waals surface area contributed by atoms with E-state index in [4.69, 9.17) is 21.4 Å². The molecule has 2 aromatic heterocycles. The van der Waals surface area contributed by atoms with Crippen LogP contribution < -0.4 is 4.74 Å². The Kier molecular flexibility index (Phi) is 4.65. The van der Waals surface area contributed by atoms with Crippen molar-refractivity contribution in [1.29, 1.82) is 0 Å². The standard InChI is InChI=1S/C24H17ClN4O/c1-30-19-14-8-13-18(15-19)29-23(17-11-6-3-7-12-17)20-21(16-9-4-2-5-10-16)26-27-24(25)22(20)28-29/h2-15H,1H3. The van der Waals surface area contributed by atoms with Gasteiger partial charge in [-0.2, -0.15) is 5.10 Å². The van der Waals surface area contributed by atoms with Crippen LogP contribution in [0.1, 0.15) is 0 Å². The van der Waals surface area contributed by atoms with Crippen molar-refractivity contribution in [3.8, 4) is 34.0 Å². The fourth-order valence-electron chi connectivity index (χ4n) is 3.57. The molecular formula is C24H17ClN4O. The first-order valence-electron chi connectivity index (χ1n) is 9.46. The minimum absolute atomic E-state index is 0.267. The molecule has 30 heavy (non-hydrogen) atoms. The first-order chi connectivity index (χ1) is 14.8. The van der Waals surface area contributed by atoms with Crippen LogP contribution in [0.5, 0.6) is 5.75 Å². The van der Waals surface area contributed by atoms with Gasteiger partial charge in [0.15, 0.2) is 5.15 Å². The first-order valence-corrected chi connectivity index (χ1v) is 9.84. The zero-order valence-corrected chi connectivity index (χ0v) is 16.9. The number of halogens is 1. The molecule has 0 N–H and O–H groups in total. The van der Waals surface area contributed by atoms with E-state index in [1.54, 1.807) is 7.11 Å². The number of benzene rings is 3. The van der Waals surface area contributed by atoms with Crippen LogP contribution in [0.4, 0.5) is 0 Å². The van der Waals surface area contributed by atoms with E-state index in [0.717, 1.165) is 39.3 Å². The lowest BCUT2D eigenvalue weighted by Gasteiger charge is -2.10. The maximum atomic E-state index is 6.46. The van der Waals surface area contributed by atoms with E-state index in [1.807, 2.05) is 77.5 Å². The zero-order valence-electron chi connectivity index (χ0n) is 16.2. The van der Waals surface area contributed by atoms with E-state index in [1.165, 1.54) is 0 Å². The highest BCUT2D eigenvalue weighted by Crippen LogP contribution is 2.38. The van der Waals surface area contributed by atoms with E-state index >= 15 is 0 Å². The molecule has 0 saturated carbocycles. The lowest BCUT2D eigenvalue weighted by molar-refractivity contribution is 0.414. The van der Waals surface area contributed by atoms with Gasteiger partial charge in [-0.05, 0) is 12.1 Å². The van der Waals surface area contributed by atoms with Gasteiger partial charge in [0.05, 0.1) is 23.9 Å². The molecule has 0 aliphatic rings. The molecule has 0 atom stereocenters. The summed E-state index contributed by atoms with van der Waals surface area (Å²) < 4.78 is 7.30. The van der Waals surface area contributed by atoms with Gasteiger partial charge in [0.25, 0.3) is 0 Å². The largest absolute Gasteiger partial charge is 0.497 e. The van der Waals surface area contributed by atoms with Crippen molar-refractivity contribution < 1.29 is 4.74 Å². The van der Waals surface area contributed by atoms with Gasteiger partial charge in [0, 0.05) is 17.2 Å². The maximum absolute atomic E-state index is 6.46. The molecule has 3 aromatic carbocycles. The highest BCUT2D eigenvalue weighted by Gasteiger charge is 2.22. The van der Waals surface area contributed by atoms with Gasteiger partial charge in [-0.15, -0.1) is 10.2 Å². The number of hydrogen-bond acceptors (Lipinski definition) is 4. The van der Waals surface area contributed by atoms with E-state index in [-0.39, 0.29) is 5.15 Å². The maximum Gasteiger partial charge on any atom is 0.179 e. The molecule has 5 rings (SSSR count). The Morgan fingerprint density at radius 2 is 1.50 bits per heavy atom. The molecule has 2 heterocycles. The summed E-state index contributed by atoms with van der Waals surface area (Å²) in [4.78, 5) is 0. The van der Waals surface area contributed by atoms with Crippen molar-refractivity contribution in [1.82, 2.24) is 20.0 Å². The molecule has 0 amide bonds. The number of nitrogens with zero attached hydrogens (tertiary/aromatic N) is 4. The van der Waals surface area contributed by atoms with Gasteiger partial charge in [-0.3, -0.25) is 0 Å². The minimum atomic E-state index is 0.267. The topological polar surface area (TPSA) is 52.8 Å². The van der Waals surface area contributed by atoms with E-state index in [2.05, 4.69) is 22.3 Å². The molecule has 0 spiro atoms. The first kappa shape index (κ1) is 18.3. The van der Waals surface area contributed by atoms with Crippen LogP contribution in [0.15, 0.2) is 84.9 Å². The molecule has 146 valence electrons. The average Bonchev–Trinajstić information content (AvgIpc) is 3.22. The lowest BCUT2D eigenvalue weighted by Crippen LogP contribution is -1.99. The van der Waals surface area contributed by atoms with Gasteiger partial charge < -0.3 is 4.74 Å². The van der Waals surface area contributed by atoms with Gasteiger partial charge in [-0.25, -0.2) is 4.68 Å². The third-order valence-electron chi connectivity index (χ3n) is 4.95. The van der Waals surface area contributed by atoms with Crippen molar-refractivity contribution >= 4 is 22.5 Å². The normalized spacial score (nSPS) is 11.0. The number of rotatable bonds is 4. The predicted molar refractivity (Wildman–Crippen MR) is 119 cm³/mol. The Balaban J connectivity index is 1.91. The van der Waals surface area contributed by atoms with Crippen molar-refractivity contribution in [2.75, 3.05) is 7.11 Å². The van der Waals surface area contributed by atoms with Crippen molar-refractivity contribution in [3.05, 3.63) is 90.1 Å². The minimum Gasteiger partial charge on any atom is -0.497 e. The van der Waals surface area contributed by atoms with Crippen LogP contribution in [-0.2, 0) is 0 Å². The van der Waals surface area contributed by atoms with Crippen molar-refractivity contribution in [2.24, 2.45) is 0 Å². The summed E-state index contributed by atoms with van der Waals surface area (Å²) in [7, 11) is 1.65. The number of ether oxygens (including phenoxy) is 1. The van der Waals surface area contributed by atoms with Crippen LogP contribution in [0.3, 0.4) is 0 Å². The van der Waals surface area contributed by atoms with E-state index < -0.39 is 0 Å². The fourth-order valence-corrected chi connectivity index (χ4v) is 3.74. The second kappa shape index (κ2) is 7.61. The summed E-state index contributed by atoms with van der Waals surface area (Å²) in [6.45, 7) is 0. The second-order valence-electron chi connectivity index (χ2n) is 6.76. The number of methoxy groups -OCH3 is 1. The highest BCUT2D eigenvalue weighted by atomic mass is 35.5. The van der Waals surface area contributed by atoms with Crippen LogP contribution in [0, 0.1) is 0 Å². The third kappa shape index (κ3) is 3.09. The monoisotopic (exact) mass is 412 g/mol. The number of hydrogen-bond donors (Lipinski definition) is 0. The predicted octanol–water partition coefficient (Wildman–Crippen LogP) is 5.81. The van der Waals surface area contributed by atoms with E-state index in [9.17, 15) is 0 Å². The molecule has 0 saturated heterocycles. The Morgan fingerprint density at radius 1 is 0.800 bits per heavy atom. The fraction of sp³-hybridized carbons (Fsp3) is 0.0417. The van der Waals surface area contributed by atoms with Gasteiger partial charge in [-0.1, -0.05) is 78.3 Å². The molecular weight excluding hydrogens is 396 g/mol. The highest BCUT2D eigenvalue weighted by molar-refractivity contribution is 6.34. The molecule has 0 aliphatic heterocycles. The van der Waals surface area contributed by atoms with Gasteiger partial charge in [0.2, 0.25) is 0 Å². The van der Waals surface area contributed by atoms with Crippen LogP contribution >= 0.6 is 11.6 Å². The molecule has 5 aromatic rings. The summed E-state index contributed by atoms with van der Waals surface area (Å²) in [6, 6.07) is 27.8. The van der Waals surface area contributed by atoms with Crippen LogP contribution in [0.2, 0.25) is 5.15 Å². The lowest BCUT2D eigenvalue weighted by atomic mass is 10.0. The summed E-state index contributed by atoms with van der Waals surface area (Å²) in [6.07, 6.45) is 0. The van der Waals surface area contributed by atoms with Gasteiger partial charge >= 0.3 is 0 Å². The van der Waals surface area contributed by atoms with Crippen LogP contribution in [-0.4, -0.2) is 27.1 Å². The summed E-state index contributed by atoms with van der Waals surface area (Å²) in [5.74, 6) is 0.747. The van der Waals surface area contributed by atoms with Crippen molar-refractivity contribution in [2.45, 2.75) is 0 Å². The molecule has 0 aliphatic carbocycles. The Morgan fingerprint density at radius 3 is 2.20 bits per heavy atom. The summed E-state index contributed by atoms with van der Waals surface area (Å²) >= 11 is 6.46. The second-order valence-corrected chi connectivity index (χ2v) is 7.11. The van der Waals surface area contributed by atoms with Crippen molar-refractivity contribution in [3.63, 3.8) is 0 Å². The Bertz CT molecular complexity index is 1330.